The number of anilines is 2. The van der Waals surface area contributed by atoms with Crippen LogP contribution in [0.1, 0.15) is 51.6 Å². The third-order valence-corrected chi connectivity index (χ3v) is 7.70. The quantitative estimate of drug-likeness (QED) is 0.228. The van der Waals surface area contributed by atoms with Crippen molar-refractivity contribution in [3.05, 3.63) is 120 Å². The summed E-state index contributed by atoms with van der Waals surface area (Å²) in [5, 5.41) is 7.29. The van der Waals surface area contributed by atoms with Crippen LogP contribution >= 0.6 is 0 Å². The van der Waals surface area contributed by atoms with Crippen LogP contribution in [-0.2, 0) is 0 Å². The van der Waals surface area contributed by atoms with Crippen LogP contribution in [0.4, 0.5) is 11.5 Å². The lowest BCUT2D eigenvalue weighted by Crippen LogP contribution is -2.48. The molecule has 0 atom stereocenters. The SMILES string of the molecule is Cc1ccc(C(=O)N2CC(c3ccc(-c4cccc5ncccc45)cc3)C2)cc1NC(=O)c1ccc(NC(C)C)nc1. The Morgan fingerprint density at radius 2 is 1.67 bits per heavy atom. The van der Waals surface area contributed by atoms with Crippen molar-refractivity contribution in [1.82, 2.24) is 14.9 Å². The molecule has 6 rings (SSSR count). The highest BCUT2D eigenvalue weighted by atomic mass is 16.2. The van der Waals surface area contributed by atoms with Gasteiger partial charge in [-0.1, -0.05) is 48.5 Å². The number of hydrogen-bond donors (Lipinski definition) is 2. The number of aryl methyl sites for hydroxylation is 1. The fourth-order valence-electron chi connectivity index (χ4n) is 5.32. The van der Waals surface area contributed by atoms with Crippen LogP contribution in [0.2, 0.25) is 0 Å². The van der Waals surface area contributed by atoms with Gasteiger partial charge in [0.05, 0.1) is 11.1 Å². The Bertz CT molecular complexity index is 1750. The molecule has 1 aliphatic rings. The van der Waals surface area contributed by atoms with Crippen LogP contribution in [0.3, 0.4) is 0 Å². The molecule has 7 nitrogen and oxygen atoms in total. The maximum absolute atomic E-state index is 13.3. The molecule has 0 unspecified atom stereocenters. The molecule has 210 valence electrons. The van der Waals surface area contributed by atoms with Gasteiger partial charge in [0.15, 0.2) is 0 Å². The van der Waals surface area contributed by atoms with Gasteiger partial charge < -0.3 is 15.5 Å². The number of carbonyl (C=O) groups is 2. The number of rotatable bonds is 7. The van der Waals surface area contributed by atoms with E-state index in [2.05, 4.69) is 57.0 Å². The minimum absolute atomic E-state index is 0.0348. The molecule has 0 aliphatic carbocycles. The number of nitrogens with one attached hydrogen (secondary N) is 2. The second-order valence-electron chi connectivity index (χ2n) is 11.1. The maximum Gasteiger partial charge on any atom is 0.257 e. The number of carbonyl (C=O) groups excluding carboxylic acids is 2. The molecular weight excluding hydrogens is 522 g/mol. The third-order valence-electron chi connectivity index (χ3n) is 7.70. The molecular formula is C35H33N5O2. The van der Waals surface area contributed by atoms with E-state index in [1.54, 1.807) is 24.4 Å². The first-order valence-electron chi connectivity index (χ1n) is 14.2. The van der Waals surface area contributed by atoms with Crippen molar-refractivity contribution >= 4 is 34.2 Å². The standard InChI is InChI=1S/C35H33N5O2/c1-22(2)38-33-16-15-27(19-37-33)34(41)39-32-18-26(10-9-23(32)3)35(42)40-20-28(21-40)24-11-13-25(14-12-24)29-6-4-8-31-30(29)7-5-17-36-31/h4-19,22,28H,20-21H2,1-3H3,(H,37,38)(H,39,41). The topological polar surface area (TPSA) is 87.2 Å². The Hall–Kier alpha value is -5.04. The first-order valence-corrected chi connectivity index (χ1v) is 14.2. The van der Waals surface area contributed by atoms with E-state index < -0.39 is 0 Å². The molecule has 7 heteroatoms. The largest absolute Gasteiger partial charge is 0.368 e. The third kappa shape index (κ3) is 5.59. The highest BCUT2D eigenvalue weighted by Crippen LogP contribution is 2.32. The summed E-state index contributed by atoms with van der Waals surface area (Å²) in [6.07, 6.45) is 3.37. The summed E-state index contributed by atoms with van der Waals surface area (Å²) in [5.41, 5.74) is 7.03. The summed E-state index contributed by atoms with van der Waals surface area (Å²) in [4.78, 5) is 36.8. The number of aromatic nitrogens is 2. The van der Waals surface area contributed by atoms with E-state index >= 15 is 0 Å². The van der Waals surface area contributed by atoms with E-state index in [-0.39, 0.29) is 17.9 Å². The van der Waals surface area contributed by atoms with Crippen LogP contribution < -0.4 is 10.6 Å². The minimum Gasteiger partial charge on any atom is -0.368 e. The number of likely N-dealkylation sites (tertiary alicyclic amines) is 1. The molecule has 3 aromatic carbocycles. The van der Waals surface area contributed by atoms with E-state index in [0.29, 0.717) is 35.8 Å². The van der Waals surface area contributed by atoms with Crippen molar-refractivity contribution < 1.29 is 9.59 Å². The zero-order valence-corrected chi connectivity index (χ0v) is 24.0. The van der Waals surface area contributed by atoms with Crippen LogP contribution in [0.15, 0.2) is 97.3 Å². The van der Waals surface area contributed by atoms with E-state index in [1.807, 2.05) is 62.2 Å². The van der Waals surface area contributed by atoms with Gasteiger partial charge in [-0.15, -0.1) is 0 Å². The van der Waals surface area contributed by atoms with Gasteiger partial charge in [-0.2, -0.15) is 0 Å². The lowest BCUT2D eigenvalue weighted by atomic mass is 9.89. The summed E-state index contributed by atoms with van der Waals surface area (Å²) < 4.78 is 0. The number of hydrogen-bond acceptors (Lipinski definition) is 5. The van der Waals surface area contributed by atoms with E-state index in [1.165, 1.54) is 5.56 Å². The maximum atomic E-state index is 13.3. The van der Waals surface area contributed by atoms with Crippen molar-refractivity contribution in [3.63, 3.8) is 0 Å². The Kier molecular flexibility index (Phi) is 7.40. The molecule has 1 aliphatic heterocycles. The Balaban J connectivity index is 1.09. The van der Waals surface area contributed by atoms with E-state index in [9.17, 15) is 9.59 Å². The van der Waals surface area contributed by atoms with Crippen LogP contribution in [-0.4, -0.2) is 45.8 Å². The normalized spacial score (nSPS) is 13.2. The molecule has 0 spiro atoms. The van der Waals surface area contributed by atoms with Gasteiger partial charge in [0, 0.05) is 54.1 Å². The summed E-state index contributed by atoms with van der Waals surface area (Å²) in [6.45, 7) is 7.30. The molecule has 1 saturated heterocycles. The second-order valence-corrected chi connectivity index (χ2v) is 11.1. The molecule has 0 bridgehead atoms. The number of pyridine rings is 2. The minimum atomic E-state index is -0.265. The monoisotopic (exact) mass is 555 g/mol. The number of amides is 2. The Morgan fingerprint density at radius 1 is 0.881 bits per heavy atom. The fourth-order valence-corrected chi connectivity index (χ4v) is 5.32. The van der Waals surface area contributed by atoms with E-state index in [0.717, 1.165) is 33.4 Å². The predicted molar refractivity (Wildman–Crippen MR) is 168 cm³/mol. The first kappa shape index (κ1) is 27.1. The van der Waals surface area contributed by atoms with Crippen molar-refractivity contribution in [2.45, 2.75) is 32.7 Å². The van der Waals surface area contributed by atoms with Crippen molar-refractivity contribution in [2.24, 2.45) is 0 Å². The van der Waals surface area contributed by atoms with Gasteiger partial charge >= 0.3 is 0 Å². The van der Waals surface area contributed by atoms with Crippen molar-refractivity contribution in [1.29, 1.82) is 0 Å². The van der Waals surface area contributed by atoms with Gasteiger partial charge in [-0.05, 0) is 79.4 Å². The molecule has 2 amide bonds. The average Bonchev–Trinajstić information content (AvgIpc) is 2.97. The zero-order chi connectivity index (χ0) is 29.2. The summed E-state index contributed by atoms with van der Waals surface area (Å²) in [7, 11) is 0. The molecule has 3 heterocycles. The Labute approximate surface area is 245 Å². The number of fused-ring (bicyclic) bond motifs is 1. The van der Waals surface area contributed by atoms with Gasteiger partial charge in [-0.3, -0.25) is 14.6 Å². The lowest BCUT2D eigenvalue weighted by molar-refractivity contribution is 0.0602. The van der Waals surface area contributed by atoms with E-state index in [4.69, 9.17) is 0 Å². The molecule has 42 heavy (non-hydrogen) atoms. The smallest absolute Gasteiger partial charge is 0.257 e. The van der Waals surface area contributed by atoms with Crippen LogP contribution in [0.25, 0.3) is 22.0 Å². The predicted octanol–water partition coefficient (Wildman–Crippen LogP) is 6.92. The molecule has 2 N–H and O–H groups in total. The average molecular weight is 556 g/mol. The van der Waals surface area contributed by atoms with Gasteiger partial charge in [-0.25, -0.2) is 4.98 Å². The fraction of sp³-hybridized carbons (Fsp3) is 0.200. The molecule has 0 radical (unpaired) electrons. The summed E-state index contributed by atoms with van der Waals surface area (Å²) in [6, 6.07) is 28.1. The highest BCUT2D eigenvalue weighted by molar-refractivity contribution is 6.05. The molecule has 1 fully saturated rings. The second kappa shape index (κ2) is 11.4. The Morgan fingerprint density at radius 3 is 2.40 bits per heavy atom. The lowest BCUT2D eigenvalue weighted by Gasteiger charge is -2.39. The molecule has 2 aromatic heterocycles. The highest BCUT2D eigenvalue weighted by Gasteiger charge is 2.32. The van der Waals surface area contributed by atoms with Crippen LogP contribution in [0, 0.1) is 6.92 Å². The molecule has 0 saturated carbocycles. The van der Waals surface area contributed by atoms with Gasteiger partial charge in [0.1, 0.15) is 5.82 Å². The zero-order valence-electron chi connectivity index (χ0n) is 24.0. The van der Waals surface area contributed by atoms with Crippen LogP contribution in [0.5, 0.6) is 0 Å². The van der Waals surface area contributed by atoms with Gasteiger partial charge in [0.25, 0.3) is 11.8 Å². The van der Waals surface area contributed by atoms with Crippen molar-refractivity contribution in [3.8, 4) is 11.1 Å². The number of benzene rings is 3. The summed E-state index contributed by atoms with van der Waals surface area (Å²) in [5.74, 6) is 0.713. The summed E-state index contributed by atoms with van der Waals surface area (Å²) >= 11 is 0. The van der Waals surface area contributed by atoms with Gasteiger partial charge in [0.2, 0.25) is 0 Å². The molecule has 5 aromatic rings. The first-order chi connectivity index (χ1) is 20.4. The van der Waals surface area contributed by atoms with Crippen molar-refractivity contribution in [2.75, 3.05) is 23.7 Å². The number of nitrogens with zero attached hydrogens (tertiary/aromatic N) is 3.